The van der Waals surface area contributed by atoms with Gasteiger partial charge in [-0.15, -0.1) is 0 Å². The van der Waals surface area contributed by atoms with Crippen molar-refractivity contribution in [1.29, 1.82) is 0 Å². The topological polar surface area (TPSA) is 141 Å². The number of primary amides is 1. The fourth-order valence-electron chi connectivity index (χ4n) is 1.47. The van der Waals surface area contributed by atoms with E-state index in [1.165, 1.54) is 17.8 Å². The van der Waals surface area contributed by atoms with Crippen LogP contribution >= 0.6 is 0 Å². The minimum Gasteiger partial charge on any atom is -0.479 e. The summed E-state index contributed by atoms with van der Waals surface area (Å²) in [6.45, 7) is -0.436. The summed E-state index contributed by atoms with van der Waals surface area (Å²) in [5, 5.41) is 8.74. The highest BCUT2D eigenvalue weighted by Gasteiger charge is 2.23. The Labute approximate surface area is 115 Å². The van der Waals surface area contributed by atoms with Crippen LogP contribution in [-0.2, 0) is 26.6 Å². The average molecular weight is 305 g/mol. The van der Waals surface area contributed by atoms with Gasteiger partial charge in [0.05, 0.1) is 0 Å². The number of aliphatic carboxylic acids is 1. The third kappa shape index (κ3) is 3.56. The number of nitrogens with zero attached hydrogens (tertiary/aromatic N) is 1. The molecule has 0 bridgehead atoms. The van der Waals surface area contributed by atoms with Crippen molar-refractivity contribution in [3.63, 3.8) is 0 Å². The molecule has 0 aliphatic carbocycles. The first kappa shape index (κ1) is 16.1. The number of carboxylic acids is 1. The highest BCUT2D eigenvalue weighted by molar-refractivity contribution is 7.89. The quantitative estimate of drug-likeness (QED) is 0.560. The molecule has 0 radical (unpaired) electrons. The number of methoxy groups -OCH3 is 1. The number of hydrogen-bond donors (Lipinski definition) is 3. The second-order valence-electron chi connectivity index (χ2n) is 3.95. The number of carbonyl (C=O) groups is 2. The molecule has 0 saturated carbocycles. The van der Waals surface area contributed by atoms with Gasteiger partial charge in [-0.05, 0) is 6.07 Å². The number of amides is 1. The predicted molar refractivity (Wildman–Crippen MR) is 67.6 cm³/mol. The fourth-order valence-corrected chi connectivity index (χ4v) is 2.57. The first-order valence-electron chi connectivity index (χ1n) is 5.40. The monoisotopic (exact) mass is 305 g/mol. The van der Waals surface area contributed by atoms with Gasteiger partial charge in [0.1, 0.15) is 10.6 Å². The van der Waals surface area contributed by atoms with Gasteiger partial charge in [-0.25, -0.2) is 17.9 Å². The maximum atomic E-state index is 11.9. The molecular formula is C10H15N3O6S. The Kier molecular flexibility index (Phi) is 4.87. The molecule has 1 atom stereocenters. The van der Waals surface area contributed by atoms with Crippen molar-refractivity contribution in [3.8, 4) is 0 Å². The predicted octanol–water partition coefficient (Wildman–Crippen LogP) is -1.50. The summed E-state index contributed by atoms with van der Waals surface area (Å²) in [5.74, 6) is -2.06. The first-order chi connectivity index (χ1) is 9.19. The number of sulfonamides is 1. The molecule has 20 heavy (non-hydrogen) atoms. The van der Waals surface area contributed by atoms with E-state index in [-0.39, 0.29) is 10.6 Å². The van der Waals surface area contributed by atoms with E-state index in [0.717, 1.165) is 13.2 Å². The normalized spacial score (nSPS) is 13.1. The van der Waals surface area contributed by atoms with Crippen molar-refractivity contribution in [1.82, 2.24) is 9.29 Å². The Morgan fingerprint density at radius 3 is 2.55 bits per heavy atom. The Morgan fingerprint density at radius 2 is 2.15 bits per heavy atom. The molecule has 0 aliphatic heterocycles. The molecule has 0 fully saturated rings. The van der Waals surface area contributed by atoms with E-state index in [1.807, 2.05) is 0 Å². The lowest BCUT2D eigenvalue weighted by molar-refractivity contribution is -0.147. The van der Waals surface area contributed by atoms with Gasteiger partial charge in [0.25, 0.3) is 5.91 Å². The lowest BCUT2D eigenvalue weighted by Gasteiger charge is -2.11. The minimum absolute atomic E-state index is 0.0203. The summed E-state index contributed by atoms with van der Waals surface area (Å²) in [4.78, 5) is 21.6. The van der Waals surface area contributed by atoms with E-state index in [4.69, 9.17) is 10.8 Å². The third-order valence-electron chi connectivity index (χ3n) is 2.56. The zero-order valence-electron chi connectivity index (χ0n) is 10.9. The lowest BCUT2D eigenvalue weighted by Crippen LogP contribution is -2.37. The smallest absolute Gasteiger partial charge is 0.334 e. The van der Waals surface area contributed by atoms with Crippen molar-refractivity contribution in [2.75, 3.05) is 13.7 Å². The molecule has 1 unspecified atom stereocenters. The van der Waals surface area contributed by atoms with Crippen molar-refractivity contribution in [3.05, 3.63) is 18.0 Å². The Bertz CT molecular complexity index is 621. The molecule has 1 aromatic heterocycles. The van der Waals surface area contributed by atoms with Crippen LogP contribution < -0.4 is 10.5 Å². The number of rotatable bonds is 7. The first-order valence-corrected chi connectivity index (χ1v) is 6.88. The molecule has 1 aromatic rings. The van der Waals surface area contributed by atoms with Crippen LogP contribution in [0.25, 0.3) is 0 Å². The molecule has 0 saturated heterocycles. The van der Waals surface area contributed by atoms with Crippen LogP contribution in [0.3, 0.4) is 0 Å². The van der Waals surface area contributed by atoms with Crippen LogP contribution in [0.5, 0.6) is 0 Å². The minimum atomic E-state index is -3.96. The van der Waals surface area contributed by atoms with Gasteiger partial charge in [-0.3, -0.25) is 4.79 Å². The standard InChI is InChI=1S/C10H15N3O6S/c1-13-5-6(3-7(13)9(11)14)20(17,18)12-4-8(19-2)10(15)16/h3,5,8,12H,4H2,1-2H3,(H2,11,14)(H,15,16). The molecule has 9 nitrogen and oxygen atoms in total. The van der Waals surface area contributed by atoms with E-state index >= 15 is 0 Å². The van der Waals surface area contributed by atoms with Crippen molar-refractivity contribution in [2.45, 2.75) is 11.0 Å². The van der Waals surface area contributed by atoms with Crippen LogP contribution in [0.1, 0.15) is 10.5 Å². The molecule has 1 heterocycles. The number of carboxylic acid groups (broad SMARTS) is 1. The number of nitrogens with two attached hydrogens (primary N) is 1. The fraction of sp³-hybridized carbons (Fsp3) is 0.400. The third-order valence-corrected chi connectivity index (χ3v) is 3.95. The second kappa shape index (κ2) is 6.03. The van der Waals surface area contributed by atoms with E-state index in [9.17, 15) is 18.0 Å². The molecule has 4 N–H and O–H groups in total. The molecular weight excluding hydrogens is 290 g/mol. The highest BCUT2D eigenvalue weighted by Crippen LogP contribution is 2.13. The maximum absolute atomic E-state index is 11.9. The van der Waals surface area contributed by atoms with Crippen molar-refractivity contribution < 1.29 is 27.9 Å². The number of ether oxygens (including phenoxy) is 1. The molecule has 1 amide bonds. The summed E-state index contributed by atoms with van der Waals surface area (Å²) < 4.78 is 31.8. The summed E-state index contributed by atoms with van der Waals surface area (Å²) in [5.41, 5.74) is 5.10. The molecule has 0 spiro atoms. The number of aromatic nitrogens is 1. The molecule has 10 heteroatoms. The molecule has 112 valence electrons. The summed E-state index contributed by atoms with van der Waals surface area (Å²) >= 11 is 0. The SMILES string of the molecule is COC(CNS(=O)(=O)c1cc(C(N)=O)n(C)c1)C(=O)O. The summed E-state index contributed by atoms with van der Waals surface area (Å²) in [6, 6.07) is 1.10. The molecule has 0 aliphatic rings. The van der Waals surface area contributed by atoms with Gasteiger partial charge in [-0.2, -0.15) is 0 Å². The maximum Gasteiger partial charge on any atom is 0.334 e. The van der Waals surface area contributed by atoms with E-state index in [1.54, 1.807) is 0 Å². The Hall–Kier alpha value is -1.91. The summed E-state index contributed by atoms with van der Waals surface area (Å²) in [7, 11) is -1.34. The van der Waals surface area contributed by atoms with Gasteiger partial charge in [0.2, 0.25) is 10.0 Å². The van der Waals surface area contributed by atoms with Crippen LogP contribution in [-0.4, -0.2) is 49.7 Å². The van der Waals surface area contributed by atoms with Crippen LogP contribution in [0.15, 0.2) is 17.2 Å². The number of aryl methyl sites for hydroxylation is 1. The van der Waals surface area contributed by atoms with E-state index < -0.39 is 34.5 Å². The lowest BCUT2D eigenvalue weighted by atomic mass is 10.4. The van der Waals surface area contributed by atoms with E-state index in [2.05, 4.69) is 9.46 Å². The van der Waals surface area contributed by atoms with Crippen molar-refractivity contribution in [2.24, 2.45) is 12.8 Å². The van der Waals surface area contributed by atoms with Gasteiger partial charge < -0.3 is 20.1 Å². The van der Waals surface area contributed by atoms with Crippen LogP contribution in [0.2, 0.25) is 0 Å². The number of nitrogens with one attached hydrogen (secondary N) is 1. The van der Waals surface area contributed by atoms with Gasteiger partial charge in [-0.1, -0.05) is 0 Å². The largest absolute Gasteiger partial charge is 0.479 e. The van der Waals surface area contributed by atoms with Crippen molar-refractivity contribution >= 4 is 21.9 Å². The Balaban J connectivity index is 2.92. The zero-order chi connectivity index (χ0) is 15.5. The van der Waals surface area contributed by atoms with Gasteiger partial charge in [0, 0.05) is 26.9 Å². The second-order valence-corrected chi connectivity index (χ2v) is 5.72. The number of carbonyl (C=O) groups excluding carboxylic acids is 1. The van der Waals surface area contributed by atoms with Crippen LogP contribution in [0.4, 0.5) is 0 Å². The van der Waals surface area contributed by atoms with Gasteiger partial charge in [0.15, 0.2) is 6.10 Å². The average Bonchev–Trinajstić information content (AvgIpc) is 2.72. The molecule has 1 rings (SSSR count). The highest BCUT2D eigenvalue weighted by atomic mass is 32.2. The Morgan fingerprint density at radius 1 is 1.55 bits per heavy atom. The molecule has 0 aromatic carbocycles. The zero-order valence-corrected chi connectivity index (χ0v) is 11.7. The number of hydrogen-bond acceptors (Lipinski definition) is 5. The van der Waals surface area contributed by atoms with Gasteiger partial charge >= 0.3 is 5.97 Å². The van der Waals surface area contributed by atoms with E-state index in [0.29, 0.717) is 0 Å². The van der Waals surface area contributed by atoms with Crippen LogP contribution in [0, 0.1) is 0 Å². The summed E-state index contributed by atoms with van der Waals surface area (Å²) in [6.07, 6.45) is -0.102.